The number of carbonyl (C=O) groups excluding carboxylic acids is 1. The van der Waals surface area contributed by atoms with E-state index in [9.17, 15) is 4.79 Å². The molecule has 0 bridgehead atoms. The van der Waals surface area contributed by atoms with Crippen molar-refractivity contribution in [1.29, 1.82) is 0 Å². The Hall–Kier alpha value is -3.40. The summed E-state index contributed by atoms with van der Waals surface area (Å²) in [5.41, 5.74) is 6.66. The number of rotatable bonds is 4. The minimum absolute atomic E-state index is 0.0611. The summed E-state index contributed by atoms with van der Waals surface area (Å²) in [6, 6.07) is 25.2. The molecule has 1 aromatic heterocycles. The van der Waals surface area contributed by atoms with Crippen LogP contribution in [0.4, 0.5) is 5.69 Å². The Kier molecular flexibility index (Phi) is 4.85. The molecule has 31 heavy (non-hydrogen) atoms. The van der Waals surface area contributed by atoms with Crippen LogP contribution < -0.4 is 4.90 Å². The van der Waals surface area contributed by atoms with Crippen molar-refractivity contribution >= 4 is 22.6 Å². The number of hydrogen-bond acceptors (Lipinski definition) is 2. The molecule has 1 aliphatic heterocycles. The van der Waals surface area contributed by atoms with Crippen LogP contribution in [-0.4, -0.2) is 22.0 Å². The zero-order valence-electron chi connectivity index (χ0n) is 18.2. The molecule has 156 valence electrons. The summed E-state index contributed by atoms with van der Waals surface area (Å²) in [6.45, 7) is 7.02. The minimum atomic E-state index is 0.0611. The van der Waals surface area contributed by atoms with Gasteiger partial charge in [-0.3, -0.25) is 4.79 Å². The molecule has 1 saturated heterocycles. The smallest absolute Gasteiger partial charge is 0.227 e. The number of benzene rings is 3. The first-order valence-corrected chi connectivity index (χ1v) is 10.9. The number of aromatic nitrogens is 2. The lowest BCUT2D eigenvalue weighted by Gasteiger charge is -2.22. The second kappa shape index (κ2) is 7.69. The number of anilines is 1. The SMILES string of the molecule is Cc1ccc(C)c(N2CC(c3nc4ccccc4n3C(C)c3ccccc3)CC2=O)c1. The number of para-hydroxylation sites is 2. The fourth-order valence-corrected chi connectivity index (χ4v) is 4.76. The van der Waals surface area contributed by atoms with Crippen molar-refractivity contribution in [1.82, 2.24) is 9.55 Å². The summed E-state index contributed by atoms with van der Waals surface area (Å²) >= 11 is 0. The number of fused-ring (bicyclic) bond motifs is 1. The predicted molar refractivity (Wildman–Crippen MR) is 126 cm³/mol. The highest BCUT2D eigenvalue weighted by molar-refractivity contribution is 5.97. The van der Waals surface area contributed by atoms with Crippen molar-refractivity contribution in [2.24, 2.45) is 0 Å². The molecule has 2 unspecified atom stereocenters. The molecule has 2 atom stereocenters. The minimum Gasteiger partial charge on any atom is -0.320 e. The molecule has 1 aliphatic rings. The molecule has 0 spiro atoms. The summed E-state index contributed by atoms with van der Waals surface area (Å²) in [6.07, 6.45) is 0.484. The lowest BCUT2D eigenvalue weighted by Crippen LogP contribution is -2.25. The monoisotopic (exact) mass is 409 g/mol. The molecule has 4 heteroatoms. The molecule has 1 fully saturated rings. The highest BCUT2D eigenvalue weighted by Gasteiger charge is 2.36. The molecule has 4 aromatic rings. The molecule has 2 heterocycles. The number of aryl methyl sites for hydroxylation is 2. The number of amides is 1. The molecule has 5 rings (SSSR count). The summed E-state index contributed by atoms with van der Waals surface area (Å²) < 4.78 is 2.33. The van der Waals surface area contributed by atoms with Gasteiger partial charge in [0.05, 0.1) is 17.1 Å². The first-order valence-electron chi connectivity index (χ1n) is 10.9. The van der Waals surface area contributed by atoms with Crippen LogP contribution in [0.1, 0.15) is 47.8 Å². The van der Waals surface area contributed by atoms with Gasteiger partial charge in [-0.2, -0.15) is 0 Å². The van der Waals surface area contributed by atoms with Crippen molar-refractivity contribution in [2.75, 3.05) is 11.4 Å². The predicted octanol–water partition coefficient (Wildman–Crippen LogP) is 5.78. The lowest BCUT2D eigenvalue weighted by molar-refractivity contribution is -0.117. The molecule has 0 N–H and O–H groups in total. The lowest BCUT2D eigenvalue weighted by atomic mass is 10.0. The van der Waals surface area contributed by atoms with Crippen molar-refractivity contribution in [3.8, 4) is 0 Å². The Morgan fingerprint density at radius 2 is 1.71 bits per heavy atom. The van der Waals surface area contributed by atoms with E-state index in [2.05, 4.69) is 86.0 Å². The fourth-order valence-electron chi connectivity index (χ4n) is 4.76. The first-order chi connectivity index (χ1) is 15.0. The van der Waals surface area contributed by atoms with E-state index in [1.165, 1.54) is 11.1 Å². The van der Waals surface area contributed by atoms with Crippen LogP contribution in [0.25, 0.3) is 11.0 Å². The zero-order chi connectivity index (χ0) is 21.5. The highest BCUT2D eigenvalue weighted by atomic mass is 16.2. The maximum atomic E-state index is 13.1. The van der Waals surface area contributed by atoms with Crippen molar-refractivity contribution in [2.45, 2.75) is 39.2 Å². The zero-order valence-corrected chi connectivity index (χ0v) is 18.2. The van der Waals surface area contributed by atoms with Gasteiger partial charge in [-0.15, -0.1) is 0 Å². The Morgan fingerprint density at radius 3 is 2.52 bits per heavy atom. The molecule has 4 nitrogen and oxygen atoms in total. The quantitative estimate of drug-likeness (QED) is 0.428. The third-order valence-corrected chi connectivity index (χ3v) is 6.44. The van der Waals surface area contributed by atoms with Crippen molar-refractivity contribution in [3.63, 3.8) is 0 Å². The van der Waals surface area contributed by atoms with Gasteiger partial charge in [-0.05, 0) is 55.7 Å². The van der Waals surface area contributed by atoms with E-state index in [-0.39, 0.29) is 17.9 Å². The number of carbonyl (C=O) groups is 1. The summed E-state index contributed by atoms with van der Waals surface area (Å²) in [5, 5.41) is 0. The first kappa shape index (κ1) is 19.6. The van der Waals surface area contributed by atoms with E-state index in [4.69, 9.17) is 4.98 Å². The Labute approximate surface area is 183 Å². The van der Waals surface area contributed by atoms with Crippen LogP contribution in [0.3, 0.4) is 0 Å². The average molecular weight is 410 g/mol. The fraction of sp³-hybridized carbons (Fsp3) is 0.259. The van der Waals surface area contributed by atoms with Crippen LogP contribution in [0.2, 0.25) is 0 Å². The second-order valence-electron chi connectivity index (χ2n) is 8.61. The maximum Gasteiger partial charge on any atom is 0.227 e. The molecule has 0 radical (unpaired) electrons. The van der Waals surface area contributed by atoms with Gasteiger partial charge in [0, 0.05) is 24.6 Å². The number of nitrogens with zero attached hydrogens (tertiary/aromatic N) is 3. The molecule has 3 aromatic carbocycles. The molecule has 1 amide bonds. The van der Waals surface area contributed by atoms with E-state index < -0.39 is 0 Å². The van der Waals surface area contributed by atoms with Crippen LogP contribution in [0, 0.1) is 13.8 Å². The van der Waals surface area contributed by atoms with Gasteiger partial charge in [0.15, 0.2) is 0 Å². The maximum absolute atomic E-state index is 13.1. The van der Waals surface area contributed by atoms with E-state index in [0.29, 0.717) is 13.0 Å². The topological polar surface area (TPSA) is 38.1 Å². The number of hydrogen-bond donors (Lipinski definition) is 0. The van der Waals surface area contributed by atoms with Crippen LogP contribution in [-0.2, 0) is 4.79 Å². The Morgan fingerprint density at radius 1 is 0.968 bits per heavy atom. The van der Waals surface area contributed by atoms with Gasteiger partial charge in [0.25, 0.3) is 0 Å². The standard InChI is InChI=1S/C27H27N3O/c1-18-13-14-19(2)25(15-18)29-17-22(16-26(29)31)27-28-23-11-7-8-12-24(23)30(27)20(3)21-9-5-4-6-10-21/h4-15,20,22H,16-17H2,1-3H3. The van der Waals surface area contributed by atoms with Gasteiger partial charge in [-0.1, -0.05) is 54.6 Å². The van der Waals surface area contributed by atoms with E-state index in [0.717, 1.165) is 28.1 Å². The third kappa shape index (κ3) is 3.42. The van der Waals surface area contributed by atoms with Gasteiger partial charge >= 0.3 is 0 Å². The van der Waals surface area contributed by atoms with Crippen LogP contribution >= 0.6 is 0 Å². The molecular weight excluding hydrogens is 382 g/mol. The van der Waals surface area contributed by atoms with Crippen molar-refractivity contribution < 1.29 is 4.79 Å². The van der Waals surface area contributed by atoms with Crippen molar-refractivity contribution in [3.05, 3.63) is 95.3 Å². The molecule has 0 saturated carbocycles. The largest absolute Gasteiger partial charge is 0.320 e. The van der Waals surface area contributed by atoms with E-state index >= 15 is 0 Å². The van der Waals surface area contributed by atoms with E-state index in [1.807, 2.05) is 17.0 Å². The summed E-state index contributed by atoms with van der Waals surface area (Å²) in [4.78, 5) is 20.1. The van der Waals surface area contributed by atoms with Gasteiger partial charge < -0.3 is 9.47 Å². The Balaban J connectivity index is 1.58. The third-order valence-electron chi connectivity index (χ3n) is 6.44. The summed E-state index contributed by atoms with van der Waals surface area (Å²) in [5.74, 6) is 1.23. The highest BCUT2D eigenvalue weighted by Crippen LogP contribution is 2.37. The van der Waals surface area contributed by atoms with Gasteiger partial charge in [-0.25, -0.2) is 4.98 Å². The summed E-state index contributed by atoms with van der Waals surface area (Å²) in [7, 11) is 0. The average Bonchev–Trinajstić information content (AvgIpc) is 3.36. The molecule has 0 aliphatic carbocycles. The van der Waals surface area contributed by atoms with Gasteiger partial charge in [0.2, 0.25) is 5.91 Å². The van der Waals surface area contributed by atoms with Crippen LogP contribution in [0.5, 0.6) is 0 Å². The van der Waals surface area contributed by atoms with E-state index in [1.54, 1.807) is 0 Å². The van der Waals surface area contributed by atoms with Crippen LogP contribution in [0.15, 0.2) is 72.8 Å². The Bertz CT molecular complexity index is 1260. The normalized spacial score (nSPS) is 17.5. The number of imidazole rings is 1. The molecular formula is C27H27N3O. The second-order valence-corrected chi connectivity index (χ2v) is 8.61. The van der Waals surface area contributed by atoms with Gasteiger partial charge in [0.1, 0.15) is 5.82 Å².